The Morgan fingerprint density at radius 3 is 2.58 bits per heavy atom. The van der Waals surface area contributed by atoms with Crippen molar-refractivity contribution >= 4 is 57.2 Å². The first-order valence-corrected chi connectivity index (χ1v) is 14.3. The van der Waals surface area contributed by atoms with E-state index in [0.29, 0.717) is 20.6 Å². The largest absolute Gasteiger partial charge is 0.463 e. The van der Waals surface area contributed by atoms with Crippen molar-refractivity contribution in [1.82, 2.24) is 9.13 Å². The Kier molecular flexibility index (Phi) is 6.79. The molecule has 4 heterocycles. The monoisotopic (exact) mass is 568 g/mol. The third-order valence-electron chi connectivity index (χ3n) is 6.62. The molecule has 1 aliphatic heterocycles. The maximum Gasteiger partial charge on any atom is 0.338 e. The minimum Gasteiger partial charge on any atom is -0.463 e. The molecule has 0 radical (unpaired) electrons. The molecule has 200 valence electrons. The van der Waals surface area contributed by atoms with Crippen molar-refractivity contribution in [3.63, 3.8) is 0 Å². The van der Waals surface area contributed by atoms with Crippen molar-refractivity contribution < 1.29 is 14.3 Å². The molecule has 1 amide bonds. The van der Waals surface area contributed by atoms with E-state index in [1.54, 1.807) is 16.1 Å². The van der Waals surface area contributed by atoms with Gasteiger partial charge in [0.05, 0.1) is 22.4 Å². The Bertz CT molecular complexity index is 1970. The van der Waals surface area contributed by atoms with Gasteiger partial charge in [0.25, 0.3) is 5.56 Å². The van der Waals surface area contributed by atoms with Gasteiger partial charge in [-0.25, -0.2) is 9.79 Å². The molecular formula is C30H24N4O4S2. The van der Waals surface area contributed by atoms with Gasteiger partial charge in [-0.3, -0.25) is 14.2 Å². The number of rotatable bonds is 7. The normalized spacial score (nSPS) is 15.2. The summed E-state index contributed by atoms with van der Waals surface area (Å²) in [6.07, 6.45) is 3.63. The molecule has 0 spiro atoms. The fourth-order valence-corrected chi connectivity index (χ4v) is 6.80. The average Bonchev–Trinajstić information content (AvgIpc) is 3.68. The molecular weight excluding hydrogens is 544 g/mol. The smallest absolute Gasteiger partial charge is 0.338 e. The molecule has 0 saturated heterocycles. The van der Waals surface area contributed by atoms with Crippen molar-refractivity contribution in [3.05, 3.63) is 120 Å². The minimum atomic E-state index is -0.691. The van der Waals surface area contributed by atoms with Crippen molar-refractivity contribution in [1.29, 1.82) is 0 Å². The van der Waals surface area contributed by atoms with E-state index in [2.05, 4.69) is 0 Å². The standard InChI is InChI=1S/C30H24N4O4S2/c1-2-38-29(37)25-26(18-9-4-3-5-10-18)32-30-34(27(25)22-13-8-14-39-22)28(36)23(40-30)15-19-16-33(17-24(31)35)21-12-7-6-11-20(19)21/h3-16,27H,2,17H2,1H3,(H2,31,35)/b23-15+/t27-/m0/s1. The van der Waals surface area contributed by atoms with Crippen molar-refractivity contribution in [3.8, 4) is 0 Å². The zero-order chi connectivity index (χ0) is 27.8. The highest BCUT2D eigenvalue weighted by Crippen LogP contribution is 2.36. The maximum atomic E-state index is 14.0. The number of para-hydroxylation sites is 1. The van der Waals surface area contributed by atoms with E-state index in [0.717, 1.165) is 26.9 Å². The SMILES string of the molecule is CCOC(=O)C1=C(c2ccccc2)N=c2s/c(=C/c3cn(CC(N)=O)c4ccccc34)c(=O)n2[C@H]1c1cccs1. The van der Waals surface area contributed by atoms with Crippen LogP contribution in [0, 0.1) is 0 Å². The molecule has 6 rings (SSSR count). The Hall–Kier alpha value is -4.54. The van der Waals surface area contributed by atoms with Crippen molar-refractivity contribution in [2.24, 2.45) is 10.7 Å². The highest BCUT2D eigenvalue weighted by atomic mass is 32.1. The summed E-state index contributed by atoms with van der Waals surface area (Å²) in [5.74, 6) is -0.963. The number of ether oxygens (including phenoxy) is 1. The lowest BCUT2D eigenvalue weighted by molar-refractivity contribution is -0.138. The van der Waals surface area contributed by atoms with E-state index >= 15 is 0 Å². The topological polar surface area (TPSA) is 109 Å². The summed E-state index contributed by atoms with van der Waals surface area (Å²) in [5.41, 5.74) is 8.41. The Morgan fingerprint density at radius 1 is 1.07 bits per heavy atom. The number of benzene rings is 2. The van der Waals surface area contributed by atoms with Crippen LogP contribution in [0.3, 0.4) is 0 Å². The van der Waals surface area contributed by atoms with Crippen LogP contribution in [0.15, 0.2) is 93.7 Å². The summed E-state index contributed by atoms with van der Waals surface area (Å²) in [5, 5.41) is 2.81. The van der Waals surface area contributed by atoms with Gasteiger partial charge in [0, 0.05) is 33.1 Å². The number of carbonyl (C=O) groups is 2. The summed E-state index contributed by atoms with van der Waals surface area (Å²) in [4.78, 5) is 45.4. The molecule has 0 fully saturated rings. The number of amides is 1. The van der Waals surface area contributed by atoms with Crippen LogP contribution >= 0.6 is 22.7 Å². The second-order valence-corrected chi connectivity index (χ2v) is 11.1. The van der Waals surface area contributed by atoms with E-state index in [-0.39, 0.29) is 18.7 Å². The number of fused-ring (bicyclic) bond motifs is 2. The van der Waals surface area contributed by atoms with Crippen molar-refractivity contribution in [2.75, 3.05) is 6.61 Å². The molecule has 0 saturated carbocycles. The third-order valence-corrected chi connectivity index (χ3v) is 8.53. The predicted octanol–water partition coefficient (Wildman–Crippen LogP) is 3.44. The van der Waals surface area contributed by atoms with Gasteiger partial charge >= 0.3 is 5.97 Å². The highest BCUT2D eigenvalue weighted by molar-refractivity contribution is 7.10. The second kappa shape index (κ2) is 10.6. The number of thiophene rings is 1. The van der Waals surface area contributed by atoms with Gasteiger partial charge in [-0.2, -0.15) is 0 Å². The van der Waals surface area contributed by atoms with Crippen LogP contribution in [-0.2, 0) is 20.9 Å². The van der Waals surface area contributed by atoms with E-state index < -0.39 is 17.9 Å². The average molecular weight is 569 g/mol. The first kappa shape index (κ1) is 25.7. The quantitative estimate of drug-likeness (QED) is 0.304. The van der Waals surface area contributed by atoms with E-state index in [1.165, 1.54) is 22.7 Å². The molecule has 2 N–H and O–H groups in total. The van der Waals surface area contributed by atoms with Crippen LogP contribution in [0.2, 0.25) is 0 Å². The summed E-state index contributed by atoms with van der Waals surface area (Å²) in [6, 6.07) is 20.2. The van der Waals surface area contributed by atoms with E-state index in [1.807, 2.05) is 84.4 Å². The zero-order valence-electron chi connectivity index (χ0n) is 21.4. The van der Waals surface area contributed by atoms with E-state index in [9.17, 15) is 14.4 Å². The second-order valence-electron chi connectivity index (χ2n) is 9.14. The summed E-state index contributed by atoms with van der Waals surface area (Å²) >= 11 is 2.73. The molecule has 10 heteroatoms. The molecule has 0 aliphatic carbocycles. The number of aromatic nitrogens is 2. The van der Waals surface area contributed by atoms with Gasteiger partial charge in [-0.05, 0) is 30.5 Å². The zero-order valence-corrected chi connectivity index (χ0v) is 23.1. The van der Waals surface area contributed by atoms with Crippen LogP contribution < -0.4 is 20.6 Å². The molecule has 0 bridgehead atoms. The third kappa shape index (κ3) is 4.51. The van der Waals surface area contributed by atoms with Gasteiger partial charge in [-0.15, -0.1) is 11.3 Å². The van der Waals surface area contributed by atoms with Gasteiger partial charge in [-0.1, -0.05) is 65.9 Å². The maximum absolute atomic E-state index is 14.0. The van der Waals surface area contributed by atoms with Crippen LogP contribution in [0.25, 0.3) is 22.7 Å². The molecule has 0 unspecified atom stereocenters. The number of thiazole rings is 1. The Labute approximate surface area is 236 Å². The van der Waals surface area contributed by atoms with E-state index in [4.69, 9.17) is 15.5 Å². The lowest BCUT2D eigenvalue weighted by Gasteiger charge is -2.24. The molecule has 2 aromatic carbocycles. The van der Waals surface area contributed by atoms with Crippen LogP contribution in [0.4, 0.5) is 0 Å². The van der Waals surface area contributed by atoms with Crippen LogP contribution in [-0.4, -0.2) is 27.6 Å². The minimum absolute atomic E-state index is 0.0251. The number of hydrogen-bond donors (Lipinski definition) is 1. The molecule has 1 atom stereocenters. The molecule has 3 aromatic heterocycles. The van der Waals surface area contributed by atoms with Crippen LogP contribution in [0.1, 0.15) is 29.0 Å². The summed E-state index contributed by atoms with van der Waals surface area (Å²) in [6.45, 7) is 1.98. The van der Waals surface area contributed by atoms with Gasteiger partial charge in [0.15, 0.2) is 4.80 Å². The first-order valence-electron chi connectivity index (χ1n) is 12.6. The number of nitrogens with zero attached hydrogens (tertiary/aromatic N) is 3. The lowest BCUT2D eigenvalue weighted by atomic mass is 9.97. The summed E-state index contributed by atoms with van der Waals surface area (Å²) in [7, 11) is 0. The number of hydrogen-bond acceptors (Lipinski definition) is 7. The molecule has 40 heavy (non-hydrogen) atoms. The predicted molar refractivity (Wildman–Crippen MR) is 157 cm³/mol. The number of carbonyl (C=O) groups excluding carboxylic acids is 2. The molecule has 1 aliphatic rings. The first-order chi connectivity index (χ1) is 19.5. The van der Waals surface area contributed by atoms with Gasteiger partial charge in [0.2, 0.25) is 5.91 Å². The van der Waals surface area contributed by atoms with Crippen molar-refractivity contribution in [2.45, 2.75) is 19.5 Å². The lowest BCUT2D eigenvalue weighted by Crippen LogP contribution is -2.39. The fourth-order valence-electron chi connectivity index (χ4n) is 4.99. The van der Waals surface area contributed by atoms with Gasteiger partial charge in [0.1, 0.15) is 12.6 Å². The molecule has 8 nitrogen and oxygen atoms in total. The number of primary amides is 1. The fraction of sp³-hybridized carbons (Fsp3) is 0.133. The number of esters is 1. The van der Waals surface area contributed by atoms with Crippen LogP contribution in [0.5, 0.6) is 0 Å². The highest BCUT2D eigenvalue weighted by Gasteiger charge is 2.35. The van der Waals surface area contributed by atoms with Gasteiger partial charge < -0.3 is 15.0 Å². The summed E-state index contributed by atoms with van der Waals surface area (Å²) < 4.78 is 9.31. The Balaban J connectivity index is 1.62. The number of nitrogens with two attached hydrogens (primary N) is 1. The Morgan fingerprint density at radius 2 is 1.85 bits per heavy atom. The molecule has 5 aromatic rings.